The van der Waals surface area contributed by atoms with Crippen molar-refractivity contribution in [2.24, 2.45) is 5.92 Å². The van der Waals surface area contributed by atoms with Gasteiger partial charge in [-0.1, -0.05) is 19.0 Å². The molecule has 0 radical (unpaired) electrons. The number of hydrogen-bond acceptors (Lipinski definition) is 5. The van der Waals surface area contributed by atoms with Gasteiger partial charge >= 0.3 is 0 Å². The van der Waals surface area contributed by atoms with Crippen molar-refractivity contribution in [2.45, 2.75) is 46.1 Å². The molecule has 5 nitrogen and oxygen atoms in total. The number of hydrogen-bond donors (Lipinski definition) is 1. The minimum atomic E-state index is 0.744. The van der Waals surface area contributed by atoms with Crippen molar-refractivity contribution in [1.29, 1.82) is 0 Å². The van der Waals surface area contributed by atoms with Gasteiger partial charge in [0.05, 0.1) is 6.54 Å². The van der Waals surface area contributed by atoms with Gasteiger partial charge in [0.1, 0.15) is 0 Å². The van der Waals surface area contributed by atoms with Gasteiger partial charge in [0.15, 0.2) is 5.82 Å². The molecule has 1 aliphatic heterocycles. The molecule has 1 saturated heterocycles. The number of nitrogens with one attached hydrogen (secondary N) is 1. The highest BCUT2D eigenvalue weighted by molar-refractivity contribution is 4.86. The van der Waals surface area contributed by atoms with Crippen molar-refractivity contribution >= 4 is 0 Å². The molecular formula is C14H26N4O. The average molecular weight is 266 g/mol. The highest BCUT2D eigenvalue weighted by Gasteiger charge is 2.18. The summed E-state index contributed by atoms with van der Waals surface area (Å²) in [6.07, 6.45) is 4.55. The summed E-state index contributed by atoms with van der Waals surface area (Å²) in [7, 11) is 0. The zero-order valence-electron chi connectivity index (χ0n) is 12.2. The van der Waals surface area contributed by atoms with Crippen LogP contribution < -0.4 is 5.32 Å². The molecule has 19 heavy (non-hydrogen) atoms. The Morgan fingerprint density at radius 1 is 1.32 bits per heavy atom. The number of aromatic nitrogens is 2. The number of aryl methyl sites for hydroxylation is 1. The van der Waals surface area contributed by atoms with E-state index >= 15 is 0 Å². The first-order valence-electron chi connectivity index (χ1n) is 7.56. The van der Waals surface area contributed by atoms with Crippen molar-refractivity contribution in [3.05, 3.63) is 11.7 Å². The van der Waals surface area contributed by atoms with Crippen LogP contribution in [0.5, 0.6) is 0 Å². The van der Waals surface area contributed by atoms with Gasteiger partial charge in [-0.05, 0) is 44.8 Å². The van der Waals surface area contributed by atoms with E-state index in [2.05, 4.69) is 27.3 Å². The van der Waals surface area contributed by atoms with Crippen LogP contribution in [0.4, 0.5) is 0 Å². The van der Waals surface area contributed by atoms with Crippen LogP contribution in [0.3, 0.4) is 0 Å². The maximum atomic E-state index is 5.19. The second-order valence-corrected chi connectivity index (χ2v) is 5.39. The van der Waals surface area contributed by atoms with Crippen molar-refractivity contribution in [1.82, 2.24) is 20.4 Å². The molecule has 1 N–H and O–H groups in total. The van der Waals surface area contributed by atoms with E-state index < -0.39 is 0 Å². The van der Waals surface area contributed by atoms with E-state index in [0.717, 1.165) is 56.8 Å². The summed E-state index contributed by atoms with van der Waals surface area (Å²) in [4.78, 5) is 6.88. The summed E-state index contributed by atoms with van der Waals surface area (Å²) in [5.41, 5.74) is 0. The lowest BCUT2D eigenvalue weighted by Gasteiger charge is -2.29. The summed E-state index contributed by atoms with van der Waals surface area (Å²) in [5.74, 6) is 2.39. The van der Waals surface area contributed by atoms with Crippen molar-refractivity contribution in [2.75, 3.05) is 26.2 Å². The fourth-order valence-electron chi connectivity index (χ4n) is 2.68. The van der Waals surface area contributed by atoms with Crippen LogP contribution in [-0.4, -0.2) is 41.2 Å². The average Bonchev–Trinajstić information content (AvgIpc) is 2.88. The van der Waals surface area contributed by atoms with Gasteiger partial charge in [-0.3, -0.25) is 4.90 Å². The zero-order chi connectivity index (χ0) is 13.5. The van der Waals surface area contributed by atoms with Gasteiger partial charge in [0.25, 0.3) is 0 Å². The minimum absolute atomic E-state index is 0.744. The Morgan fingerprint density at radius 3 is 2.74 bits per heavy atom. The predicted molar refractivity (Wildman–Crippen MR) is 74.8 cm³/mol. The summed E-state index contributed by atoms with van der Waals surface area (Å²) in [6.45, 7) is 9.67. The van der Waals surface area contributed by atoms with Crippen LogP contribution in [0.25, 0.3) is 0 Å². The first-order valence-corrected chi connectivity index (χ1v) is 7.56. The fourth-order valence-corrected chi connectivity index (χ4v) is 2.68. The number of piperidine rings is 1. The van der Waals surface area contributed by atoms with E-state index in [1.165, 1.54) is 19.3 Å². The molecule has 2 rings (SSSR count). The maximum Gasteiger partial charge on any atom is 0.226 e. The van der Waals surface area contributed by atoms with Crippen molar-refractivity contribution in [3.8, 4) is 0 Å². The molecule has 0 amide bonds. The second kappa shape index (κ2) is 7.60. The maximum absolute atomic E-state index is 5.19. The van der Waals surface area contributed by atoms with E-state index in [4.69, 9.17) is 4.52 Å². The SMILES string of the molecule is CCCN(Cc1noc(CC)n1)CC1CCNCC1. The van der Waals surface area contributed by atoms with Crippen LogP contribution in [0.15, 0.2) is 4.52 Å². The summed E-state index contributed by atoms with van der Waals surface area (Å²) in [6, 6.07) is 0. The third-order valence-corrected chi connectivity index (χ3v) is 3.69. The van der Waals surface area contributed by atoms with Crippen LogP contribution in [0.1, 0.15) is 44.8 Å². The molecule has 2 heterocycles. The first-order chi connectivity index (χ1) is 9.31. The van der Waals surface area contributed by atoms with E-state index in [-0.39, 0.29) is 0 Å². The fraction of sp³-hybridized carbons (Fsp3) is 0.857. The van der Waals surface area contributed by atoms with Gasteiger partial charge in [-0.25, -0.2) is 0 Å². The van der Waals surface area contributed by atoms with Gasteiger partial charge < -0.3 is 9.84 Å². The Hall–Kier alpha value is -0.940. The standard InChI is InChI=1S/C14H26N4O/c1-3-9-18(10-12-5-7-15-8-6-12)11-13-16-14(4-2)19-17-13/h12,15H,3-11H2,1-2H3. The Bertz CT molecular complexity index is 360. The topological polar surface area (TPSA) is 54.2 Å². The summed E-state index contributed by atoms with van der Waals surface area (Å²) in [5, 5.41) is 7.48. The van der Waals surface area contributed by atoms with Crippen molar-refractivity contribution < 1.29 is 4.52 Å². The normalized spacial score (nSPS) is 17.2. The van der Waals surface area contributed by atoms with E-state index in [1.807, 2.05) is 6.92 Å². The Kier molecular flexibility index (Phi) is 5.79. The second-order valence-electron chi connectivity index (χ2n) is 5.39. The predicted octanol–water partition coefficient (Wildman–Crippen LogP) is 1.84. The Labute approximate surface area is 115 Å². The molecule has 0 spiro atoms. The smallest absolute Gasteiger partial charge is 0.226 e. The Morgan fingerprint density at radius 2 is 2.11 bits per heavy atom. The molecule has 0 saturated carbocycles. The van der Waals surface area contributed by atoms with Gasteiger partial charge in [-0.15, -0.1) is 0 Å². The molecule has 5 heteroatoms. The summed E-state index contributed by atoms with van der Waals surface area (Å²) >= 11 is 0. The minimum Gasteiger partial charge on any atom is -0.339 e. The highest BCUT2D eigenvalue weighted by atomic mass is 16.5. The molecule has 1 aliphatic rings. The van der Waals surface area contributed by atoms with Crippen LogP contribution >= 0.6 is 0 Å². The lowest BCUT2D eigenvalue weighted by Crippen LogP contribution is -2.36. The van der Waals surface area contributed by atoms with E-state index in [9.17, 15) is 0 Å². The summed E-state index contributed by atoms with van der Waals surface area (Å²) < 4.78 is 5.19. The molecule has 1 aromatic heterocycles. The molecule has 108 valence electrons. The lowest BCUT2D eigenvalue weighted by molar-refractivity contribution is 0.193. The highest BCUT2D eigenvalue weighted by Crippen LogP contribution is 2.15. The number of rotatable bonds is 7. The molecular weight excluding hydrogens is 240 g/mol. The largest absolute Gasteiger partial charge is 0.339 e. The van der Waals surface area contributed by atoms with Gasteiger partial charge in [0, 0.05) is 13.0 Å². The van der Waals surface area contributed by atoms with E-state index in [1.54, 1.807) is 0 Å². The van der Waals surface area contributed by atoms with Gasteiger partial charge in [0.2, 0.25) is 5.89 Å². The van der Waals surface area contributed by atoms with E-state index in [0.29, 0.717) is 0 Å². The van der Waals surface area contributed by atoms with Gasteiger partial charge in [-0.2, -0.15) is 4.98 Å². The third kappa shape index (κ3) is 4.58. The Balaban J connectivity index is 1.87. The lowest BCUT2D eigenvalue weighted by atomic mass is 9.97. The zero-order valence-corrected chi connectivity index (χ0v) is 12.2. The molecule has 0 atom stereocenters. The van der Waals surface area contributed by atoms with Crippen LogP contribution in [0, 0.1) is 5.92 Å². The molecule has 0 aromatic carbocycles. The third-order valence-electron chi connectivity index (χ3n) is 3.69. The number of nitrogens with zero attached hydrogens (tertiary/aromatic N) is 3. The monoisotopic (exact) mass is 266 g/mol. The molecule has 0 bridgehead atoms. The first kappa shape index (κ1) is 14.5. The molecule has 0 unspecified atom stereocenters. The molecule has 1 aromatic rings. The van der Waals surface area contributed by atoms with Crippen LogP contribution in [0.2, 0.25) is 0 Å². The molecule has 1 fully saturated rings. The van der Waals surface area contributed by atoms with Crippen LogP contribution in [-0.2, 0) is 13.0 Å². The molecule has 0 aliphatic carbocycles. The quantitative estimate of drug-likeness (QED) is 0.816. The van der Waals surface area contributed by atoms with Crippen molar-refractivity contribution in [3.63, 3.8) is 0 Å².